The number of benzene rings is 2. The summed E-state index contributed by atoms with van der Waals surface area (Å²) in [7, 11) is 0. The number of nitro groups is 1. The van der Waals surface area contributed by atoms with Gasteiger partial charge in [-0.1, -0.05) is 53.0 Å². The molecule has 0 heterocycles. The van der Waals surface area contributed by atoms with Crippen molar-refractivity contribution in [1.82, 2.24) is 10.6 Å². The number of nitrogens with zero attached hydrogens (tertiary/aromatic N) is 1. The van der Waals surface area contributed by atoms with Gasteiger partial charge in [-0.25, -0.2) is 0 Å². The summed E-state index contributed by atoms with van der Waals surface area (Å²) in [6.45, 7) is 0. The van der Waals surface area contributed by atoms with Crippen LogP contribution in [0.2, 0.25) is 0 Å². The fourth-order valence-electron chi connectivity index (χ4n) is 2.12. The fourth-order valence-corrected chi connectivity index (χ4v) is 2.68. The van der Waals surface area contributed by atoms with Crippen molar-refractivity contribution >= 4 is 69.4 Å². The summed E-state index contributed by atoms with van der Waals surface area (Å²) in [5.74, 6) is -0.827. The molecule has 0 saturated heterocycles. The van der Waals surface area contributed by atoms with E-state index in [1.54, 1.807) is 12.1 Å². The van der Waals surface area contributed by atoms with Gasteiger partial charge >= 0.3 is 0 Å². The minimum Gasteiger partial charge on any atom is -0.508 e. The van der Waals surface area contributed by atoms with E-state index >= 15 is 0 Å². The predicted molar refractivity (Wildman–Crippen MR) is 112 cm³/mol. The van der Waals surface area contributed by atoms with Gasteiger partial charge in [-0.2, -0.15) is 0 Å². The standard InChI is InChI=1S/C16H13Cl3N4O4S/c17-16(18,19)14(22-15(28)20-9-4-3-5-10(24)8-9)21-13(25)11-6-1-2-7-12(11)23(26)27/h1-8,14,24H,(H,21,25)(H2,20,22,28)/t14-/m0/s1. The van der Waals surface area contributed by atoms with Crippen molar-refractivity contribution in [2.24, 2.45) is 0 Å². The van der Waals surface area contributed by atoms with Crippen molar-refractivity contribution < 1.29 is 14.8 Å². The van der Waals surface area contributed by atoms with Crippen LogP contribution in [0.5, 0.6) is 5.75 Å². The van der Waals surface area contributed by atoms with Crippen molar-refractivity contribution in [3.05, 3.63) is 64.2 Å². The van der Waals surface area contributed by atoms with Crippen LogP contribution in [0.25, 0.3) is 0 Å². The maximum absolute atomic E-state index is 12.5. The van der Waals surface area contributed by atoms with Crippen LogP contribution in [-0.4, -0.2) is 31.0 Å². The number of rotatable bonds is 5. The summed E-state index contributed by atoms with van der Waals surface area (Å²) in [5.41, 5.74) is -0.158. The second-order valence-corrected chi connectivity index (χ2v) is 8.15. The van der Waals surface area contributed by atoms with Gasteiger partial charge in [0.15, 0.2) is 5.11 Å². The summed E-state index contributed by atoms with van der Waals surface area (Å²) in [6.07, 6.45) is -1.32. The molecule has 2 aromatic carbocycles. The SMILES string of the molecule is O=C(N[C@@H](NC(=S)Nc1cccc(O)c1)C(Cl)(Cl)Cl)c1ccccc1[N+](=O)[O-]. The Morgan fingerprint density at radius 2 is 1.82 bits per heavy atom. The molecule has 0 aliphatic carbocycles. The Labute approximate surface area is 179 Å². The molecule has 0 saturated carbocycles. The van der Waals surface area contributed by atoms with Gasteiger partial charge in [-0.3, -0.25) is 14.9 Å². The fraction of sp³-hybridized carbons (Fsp3) is 0.125. The molecule has 0 aromatic heterocycles. The molecule has 0 spiro atoms. The number of carbonyl (C=O) groups is 1. The molecule has 1 amide bonds. The van der Waals surface area contributed by atoms with E-state index in [9.17, 15) is 20.0 Å². The number of nitrogens with one attached hydrogen (secondary N) is 3. The predicted octanol–water partition coefficient (Wildman–Crippen LogP) is 3.71. The van der Waals surface area contributed by atoms with Crippen LogP contribution in [-0.2, 0) is 0 Å². The van der Waals surface area contributed by atoms with E-state index in [1.807, 2.05) is 0 Å². The zero-order valence-electron chi connectivity index (χ0n) is 13.9. The number of para-hydroxylation sites is 1. The molecule has 28 heavy (non-hydrogen) atoms. The Kier molecular flexibility index (Phi) is 7.25. The summed E-state index contributed by atoms with van der Waals surface area (Å²) in [4.78, 5) is 22.9. The van der Waals surface area contributed by atoms with E-state index in [0.717, 1.165) is 0 Å². The Morgan fingerprint density at radius 3 is 2.43 bits per heavy atom. The lowest BCUT2D eigenvalue weighted by Gasteiger charge is -2.27. The van der Waals surface area contributed by atoms with Crippen molar-refractivity contribution in [1.29, 1.82) is 0 Å². The molecule has 0 aliphatic rings. The molecule has 1 atom stereocenters. The molecule has 0 radical (unpaired) electrons. The van der Waals surface area contributed by atoms with Crippen molar-refractivity contribution in [3.8, 4) is 5.75 Å². The number of hydrogen-bond acceptors (Lipinski definition) is 5. The Hall–Kier alpha value is -2.33. The first-order valence-electron chi connectivity index (χ1n) is 7.55. The number of anilines is 1. The number of alkyl halides is 3. The highest BCUT2D eigenvalue weighted by Crippen LogP contribution is 2.30. The zero-order valence-corrected chi connectivity index (χ0v) is 16.9. The van der Waals surface area contributed by atoms with Crippen molar-refractivity contribution in [3.63, 3.8) is 0 Å². The van der Waals surface area contributed by atoms with Crippen LogP contribution in [0.1, 0.15) is 10.4 Å². The lowest BCUT2D eigenvalue weighted by atomic mass is 10.1. The Bertz CT molecular complexity index is 907. The molecule has 8 nitrogen and oxygen atoms in total. The number of aromatic hydroxyl groups is 1. The molecule has 0 bridgehead atoms. The molecule has 148 valence electrons. The molecule has 2 aromatic rings. The lowest BCUT2D eigenvalue weighted by Crippen LogP contribution is -2.56. The number of phenols is 1. The van der Waals surface area contributed by atoms with Crippen LogP contribution in [0.15, 0.2) is 48.5 Å². The molecular weight excluding hydrogens is 451 g/mol. The topological polar surface area (TPSA) is 117 Å². The maximum atomic E-state index is 12.5. The first kappa shape index (κ1) is 22.0. The Morgan fingerprint density at radius 1 is 1.14 bits per heavy atom. The number of hydrogen-bond donors (Lipinski definition) is 4. The van der Waals surface area contributed by atoms with Gasteiger partial charge in [0.05, 0.1) is 4.92 Å². The minimum absolute atomic E-state index is 0.00965. The van der Waals surface area contributed by atoms with E-state index in [0.29, 0.717) is 5.69 Å². The van der Waals surface area contributed by atoms with Gasteiger partial charge < -0.3 is 21.1 Å². The largest absolute Gasteiger partial charge is 0.508 e. The number of amides is 1. The first-order valence-corrected chi connectivity index (χ1v) is 9.09. The van der Waals surface area contributed by atoms with E-state index in [2.05, 4.69) is 16.0 Å². The number of phenolic OH excluding ortho intramolecular Hbond substituents is 1. The van der Waals surface area contributed by atoms with Crippen LogP contribution in [0.4, 0.5) is 11.4 Å². The monoisotopic (exact) mass is 462 g/mol. The number of thiocarbonyl (C=S) groups is 1. The molecular formula is C16H13Cl3N4O4S. The van der Waals surface area contributed by atoms with Crippen molar-refractivity contribution in [2.45, 2.75) is 9.96 Å². The average Bonchev–Trinajstić information content (AvgIpc) is 2.60. The Balaban J connectivity index is 2.15. The van der Waals surface area contributed by atoms with Gasteiger partial charge in [-0.15, -0.1) is 0 Å². The normalized spacial score (nSPS) is 12.0. The van der Waals surface area contributed by atoms with Crippen LogP contribution in [0, 0.1) is 10.1 Å². The second kappa shape index (κ2) is 9.24. The number of halogens is 3. The van der Waals surface area contributed by atoms with Gasteiger partial charge in [-0.05, 0) is 30.4 Å². The van der Waals surface area contributed by atoms with Crippen molar-refractivity contribution in [2.75, 3.05) is 5.32 Å². The maximum Gasteiger partial charge on any atom is 0.282 e. The summed E-state index contributed by atoms with van der Waals surface area (Å²) in [6, 6.07) is 11.4. The van der Waals surface area contributed by atoms with Gasteiger partial charge in [0.25, 0.3) is 11.6 Å². The quantitative estimate of drug-likeness (QED) is 0.176. The summed E-state index contributed by atoms with van der Waals surface area (Å²) >= 11 is 22.8. The summed E-state index contributed by atoms with van der Waals surface area (Å²) < 4.78 is -2.04. The van der Waals surface area contributed by atoms with E-state index < -0.39 is 26.5 Å². The van der Waals surface area contributed by atoms with E-state index in [1.165, 1.54) is 36.4 Å². The first-order chi connectivity index (χ1) is 13.1. The highest BCUT2D eigenvalue weighted by Gasteiger charge is 2.36. The third kappa shape index (κ3) is 6.10. The highest BCUT2D eigenvalue weighted by atomic mass is 35.6. The average molecular weight is 464 g/mol. The molecule has 0 fully saturated rings. The zero-order chi connectivity index (χ0) is 20.9. The van der Waals surface area contributed by atoms with Crippen LogP contribution in [0.3, 0.4) is 0 Å². The van der Waals surface area contributed by atoms with Crippen LogP contribution < -0.4 is 16.0 Å². The molecule has 12 heteroatoms. The smallest absolute Gasteiger partial charge is 0.282 e. The van der Waals surface area contributed by atoms with E-state index in [4.69, 9.17) is 47.0 Å². The minimum atomic E-state index is -2.04. The van der Waals surface area contributed by atoms with Crippen LogP contribution >= 0.6 is 47.0 Å². The molecule has 2 rings (SSSR count). The van der Waals surface area contributed by atoms with Gasteiger partial charge in [0.1, 0.15) is 17.5 Å². The highest BCUT2D eigenvalue weighted by molar-refractivity contribution is 7.80. The third-order valence-electron chi connectivity index (χ3n) is 3.33. The lowest BCUT2D eigenvalue weighted by molar-refractivity contribution is -0.385. The number of nitro benzene ring substituents is 1. The molecule has 0 unspecified atom stereocenters. The third-order valence-corrected chi connectivity index (χ3v) is 4.20. The molecule has 0 aliphatic heterocycles. The number of carbonyl (C=O) groups excluding carboxylic acids is 1. The van der Waals surface area contributed by atoms with Gasteiger partial charge in [0.2, 0.25) is 3.79 Å². The van der Waals surface area contributed by atoms with Gasteiger partial charge in [0, 0.05) is 17.8 Å². The summed E-state index contributed by atoms with van der Waals surface area (Å²) in [5, 5.41) is 28.3. The second-order valence-electron chi connectivity index (χ2n) is 5.37. The van der Waals surface area contributed by atoms with E-state index in [-0.39, 0.29) is 16.4 Å². The molecule has 4 N–H and O–H groups in total.